The van der Waals surface area contributed by atoms with Crippen molar-refractivity contribution >= 4 is 39.5 Å². The Balaban J connectivity index is 5.25. The molecule has 0 aromatic rings. The first-order chi connectivity index (χ1) is 52.7. The number of carbonyl (C=O) groups excluding carboxylic acids is 4. The first-order valence-corrected chi connectivity index (χ1v) is 49.3. The van der Waals surface area contributed by atoms with Crippen molar-refractivity contribution in [3.8, 4) is 0 Å². The molecule has 19 heteroatoms. The second-order valence-corrected chi connectivity index (χ2v) is 36.7. The number of phosphoric ester groups is 2. The molecule has 0 aromatic carbocycles. The molecule has 0 aliphatic carbocycles. The maximum atomic E-state index is 13.2. The molecule has 0 heterocycles. The fourth-order valence-electron chi connectivity index (χ4n) is 14.1. The lowest BCUT2D eigenvalue weighted by atomic mass is 10.0. The normalized spacial score (nSPS) is 13.8. The van der Waals surface area contributed by atoms with E-state index in [1.165, 1.54) is 289 Å². The molecule has 0 saturated heterocycles. The summed E-state index contributed by atoms with van der Waals surface area (Å²) in [6.45, 7) is 12.1. The van der Waals surface area contributed by atoms with Gasteiger partial charge in [0.2, 0.25) is 0 Å². The Morgan fingerprint density at radius 1 is 0.248 bits per heavy atom. The highest BCUT2D eigenvalue weighted by Crippen LogP contribution is 2.45. The van der Waals surface area contributed by atoms with Crippen molar-refractivity contribution in [3.63, 3.8) is 0 Å². The molecule has 109 heavy (non-hydrogen) atoms. The molecular weight excluding hydrogens is 1410 g/mol. The lowest BCUT2D eigenvalue weighted by Gasteiger charge is -2.21. The van der Waals surface area contributed by atoms with Gasteiger partial charge in [0.25, 0.3) is 0 Å². The van der Waals surface area contributed by atoms with Gasteiger partial charge < -0.3 is 33.8 Å². The van der Waals surface area contributed by atoms with Crippen LogP contribution < -0.4 is 0 Å². The van der Waals surface area contributed by atoms with Crippen LogP contribution in [0.5, 0.6) is 0 Å². The second-order valence-electron chi connectivity index (χ2n) is 33.8. The second kappa shape index (κ2) is 79.9. The van der Waals surface area contributed by atoms with Gasteiger partial charge in [0.05, 0.1) is 26.4 Å². The minimum atomic E-state index is -4.97. The lowest BCUT2D eigenvalue weighted by Crippen LogP contribution is -2.30. The first-order valence-electron chi connectivity index (χ1n) is 46.3. The summed E-state index contributed by atoms with van der Waals surface area (Å²) in [6, 6.07) is 0. The van der Waals surface area contributed by atoms with E-state index in [2.05, 4.69) is 48.5 Å². The molecule has 0 aromatic heterocycles. The molecule has 0 aliphatic rings. The minimum Gasteiger partial charge on any atom is -0.462 e. The van der Waals surface area contributed by atoms with E-state index in [4.69, 9.17) is 37.0 Å². The maximum Gasteiger partial charge on any atom is 0.472 e. The summed E-state index contributed by atoms with van der Waals surface area (Å²) >= 11 is 0. The van der Waals surface area contributed by atoms with Gasteiger partial charge in [-0.3, -0.25) is 37.3 Å². The summed E-state index contributed by atoms with van der Waals surface area (Å²) in [4.78, 5) is 73.4. The highest BCUT2D eigenvalue weighted by Gasteiger charge is 2.31. The van der Waals surface area contributed by atoms with E-state index in [0.717, 1.165) is 108 Å². The van der Waals surface area contributed by atoms with E-state index in [0.29, 0.717) is 25.7 Å². The van der Waals surface area contributed by atoms with E-state index < -0.39 is 97.5 Å². The Labute approximate surface area is 670 Å². The Morgan fingerprint density at radius 2 is 0.422 bits per heavy atom. The number of rotatable bonds is 88. The monoisotopic (exact) mass is 1590 g/mol. The van der Waals surface area contributed by atoms with E-state index >= 15 is 0 Å². The van der Waals surface area contributed by atoms with E-state index in [-0.39, 0.29) is 25.7 Å². The summed E-state index contributed by atoms with van der Waals surface area (Å²) in [5, 5.41) is 10.7. The van der Waals surface area contributed by atoms with Crippen LogP contribution in [0.25, 0.3) is 0 Å². The molecule has 0 aliphatic heterocycles. The third-order valence-corrected chi connectivity index (χ3v) is 23.0. The molecule has 0 spiro atoms. The molecule has 2 unspecified atom stereocenters. The lowest BCUT2D eigenvalue weighted by molar-refractivity contribution is -0.161. The predicted molar refractivity (Wildman–Crippen MR) is 451 cm³/mol. The molecule has 5 atom stereocenters. The zero-order valence-electron chi connectivity index (χ0n) is 72.0. The third-order valence-electron chi connectivity index (χ3n) is 21.1. The average Bonchev–Trinajstić information content (AvgIpc) is 0.896. The van der Waals surface area contributed by atoms with Crippen LogP contribution in [0.15, 0.2) is 0 Å². The molecule has 3 N–H and O–H groups in total. The van der Waals surface area contributed by atoms with Gasteiger partial charge >= 0.3 is 39.5 Å². The number of aliphatic hydroxyl groups is 1. The molecule has 0 radical (unpaired) electrons. The number of esters is 4. The molecule has 17 nitrogen and oxygen atoms in total. The number of phosphoric acid groups is 2. The summed E-state index contributed by atoms with van der Waals surface area (Å²) in [6.07, 6.45) is 72.2. The van der Waals surface area contributed by atoms with E-state index in [1.54, 1.807) is 0 Å². The Hall–Kier alpha value is -1.94. The van der Waals surface area contributed by atoms with Crippen LogP contribution >= 0.6 is 15.6 Å². The van der Waals surface area contributed by atoms with E-state index in [9.17, 15) is 43.2 Å². The molecule has 0 bridgehead atoms. The minimum absolute atomic E-state index is 0.108. The summed E-state index contributed by atoms with van der Waals surface area (Å²) in [7, 11) is -9.94. The van der Waals surface area contributed by atoms with Gasteiger partial charge in [-0.05, 0) is 43.4 Å². The van der Waals surface area contributed by atoms with Crippen LogP contribution in [-0.2, 0) is 65.4 Å². The van der Waals surface area contributed by atoms with Crippen molar-refractivity contribution in [1.82, 2.24) is 0 Å². The molecule has 0 saturated carbocycles. The van der Waals surface area contributed by atoms with Gasteiger partial charge in [-0.15, -0.1) is 0 Å². The largest absolute Gasteiger partial charge is 0.472 e. The highest BCUT2D eigenvalue weighted by atomic mass is 31.2. The van der Waals surface area contributed by atoms with Gasteiger partial charge in [0.1, 0.15) is 19.3 Å². The quantitative estimate of drug-likeness (QED) is 0.0222. The third kappa shape index (κ3) is 83.8. The first kappa shape index (κ1) is 107. The van der Waals surface area contributed by atoms with Crippen LogP contribution in [0.4, 0.5) is 0 Å². The van der Waals surface area contributed by atoms with Crippen LogP contribution in [0, 0.1) is 17.8 Å². The Morgan fingerprint density at radius 3 is 0.624 bits per heavy atom. The Kier molecular flexibility index (Phi) is 78.5. The summed E-state index contributed by atoms with van der Waals surface area (Å²) in [5.74, 6) is 0.278. The fourth-order valence-corrected chi connectivity index (χ4v) is 15.7. The van der Waals surface area contributed by atoms with Crippen molar-refractivity contribution in [2.45, 2.75) is 497 Å². The standard InChI is InChI=1S/C90H176O17P2/c1-8-9-10-11-12-13-14-15-16-19-27-32-37-44-52-59-66-73-90(95)107-86(78-101-88(93)72-65-58-51-46-39-42-49-56-63-70-83(6)7)80-105-109(98,99)103-76-84(91)75-102-108(96,97)104-79-85(77-100-87(92)71-64-57-50-43-36-31-26-23-22-25-30-35-41-48-55-62-69-82(4)5)106-89(94)74-67-60-53-45-38-33-28-21-18-17-20-24-29-34-40-47-54-61-68-81(2)3/h81-86,91H,8-80H2,1-7H3,(H,96,97)(H,98,99)/t84-,85-,86-/m1/s1. The SMILES string of the molecule is CCCCCCCCCCCCCCCCCCCC(=O)O[C@H](COC(=O)CCCCCCCCCCCC(C)C)COP(=O)(O)OC[C@H](O)COP(=O)(O)OC[C@@H](COC(=O)CCCCCCCCCCCCCCCCCCC(C)C)OC(=O)CCCCCCCCCCCCCCCCCCCCC(C)C. The van der Waals surface area contributed by atoms with Crippen molar-refractivity contribution in [2.75, 3.05) is 39.6 Å². The number of hydrogen-bond acceptors (Lipinski definition) is 15. The number of ether oxygens (including phenoxy) is 4. The number of unbranched alkanes of at least 4 members (excludes halogenated alkanes) is 56. The summed E-state index contributed by atoms with van der Waals surface area (Å²) in [5.41, 5.74) is 0. The summed E-state index contributed by atoms with van der Waals surface area (Å²) < 4.78 is 69.1. The van der Waals surface area contributed by atoms with E-state index in [1.807, 2.05) is 0 Å². The van der Waals surface area contributed by atoms with Crippen LogP contribution in [0.1, 0.15) is 479 Å². The van der Waals surface area contributed by atoms with Gasteiger partial charge in [0.15, 0.2) is 12.2 Å². The molecule has 648 valence electrons. The highest BCUT2D eigenvalue weighted by molar-refractivity contribution is 7.47. The molecule has 0 rings (SSSR count). The van der Waals surface area contributed by atoms with Gasteiger partial charge in [-0.2, -0.15) is 0 Å². The predicted octanol–water partition coefficient (Wildman–Crippen LogP) is 27.6. The van der Waals surface area contributed by atoms with Crippen molar-refractivity contribution in [2.24, 2.45) is 17.8 Å². The fraction of sp³-hybridized carbons (Fsp3) is 0.956. The molecule has 0 amide bonds. The van der Waals surface area contributed by atoms with Crippen LogP contribution in [0.2, 0.25) is 0 Å². The molecular formula is C90H176O17P2. The zero-order chi connectivity index (χ0) is 80.0. The van der Waals surface area contributed by atoms with Crippen molar-refractivity contribution in [3.05, 3.63) is 0 Å². The van der Waals surface area contributed by atoms with Crippen molar-refractivity contribution < 1.29 is 80.2 Å². The number of hydrogen-bond donors (Lipinski definition) is 3. The maximum absolute atomic E-state index is 13.2. The molecule has 0 fully saturated rings. The number of carbonyl (C=O) groups is 4. The topological polar surface area (TPSA) is 237 Å². The Bertz CT molecular complexity index is 2100. The van der Waals surface area contributed by atoms with Crippen LogP contribution in [-0.4, -0.2) is 96.7 Å². The van der Waals surface area contributed by atoms with Crippen LogP contribution in [0.3, 0.4) is 0 Å². The van der Waals surface area contributed by atoms with Gasteiger partial charge in [0, 0.05) is 25.7 Å². The zero-order valence-corrected chi connectivity index (χ0v) is 73.8. The van der Waals surface area contributed by atoms with Crippen molar-refractivity contribution in [1.29, 1.82) is 0 Å². The van der Waals surface area contributed by atoms with Gasteiger partial charge in [-0.1, -0.05) is 427 Å². The average molecular weight is 1590 g/mol. The smallest absolute Gasteiger partial charge is 0.462 e. The van der Waals surface area contributed by atoms with Gasteiger partial charge in [-0.25, -0.2) is 9.13 Å². The number of aliphatic hydroxyl groups excluding tert-OH is 1.